The molecule has 2 amide bonds. The second kappa shape index (κ2) is 6.91. The van der Waals surface area contributed by atoms with E-state index in [1.54, 1.807) is 0 Å². The zero-order valence-corrected chi connectivity index (χ0v) is 12.7. The van der Waals surface area contributed by atoms with Crippen molar-refractivity contribution in [2.45, 2.75) is 37.0 Å². The Morgan fingerprint density at radius 1 is 1.14 bits per heavy atom. The molecule has 0 saturated heterocycles. The molecule has 116 valence electrons. The standard InChI is InChI=1S/C14H21N3O3S/c15-21(19,20)13-8-6-12(7-9-13)17-14(18)16-10-11-4-2-1-3-5-11/h6-9,11H,1-5,10H2,(H2,15,19,20)(H2,16,17,18). The summed E-state index contributed by atoms with van der Waals surface area (Å²) < 4.78 is 22.2. The predicted octanol–water partition coefficient (Wildman–Crippen LogP) is 2.04. The number of urea groups is 1. The molecule has 0 heterocycles. The maximum Gasteiger partial charge on any atom is 0.319 e. The maximum atomic E-state index is 11.8. The fraction of sp³-hybridized carbons (Fsp3) is 0.500. The van der Waals surface area contributed by atoms with E-state index in [4.69, 9.17) is 5.14 Å². The lowest BCUT2D eigenvalue weighted by atomic mass is 9.89. The van der Waals surface area contributed by atoms with Gasteiger partial charge in [0.05, 0.1) is 4.90 Å². The van der Waals surface area contributed by atoms with Crippen molar-refractivity contribution in [3.05, 3.63) is 24.3 Å². The molecule has 0 radical (unpaired) electrons. The van der Waals surface area contributed by atoms with E-state index in [0.717, 1.165) is 0 Å². The van der Waals surface area contributed by atoms with Crippen molar-refractivity contribution < 1.29 is 13.2 Å². The Morgan fingerprint density at radius 3 is 2.33 bits per heavy atom. The van der Waals surface area contributed by atoms with Crippen LogP contribution >= 0.6 is 0 Å². The Labute approximate surface area is 125 Å². The van der Waals surface area contributed by atoms with Gasteiger partial charge in [0.15, 0.2) is 0 Å². The van der Waals surface area contributed by atoms with E-state index in [2.05, 4.69) is 10.6 Å². The minimum atomic E-state index is -3.70. The summed E-state index contributed by atoms with van der Waals surface area (Å²) in [5.74, 6) is 0.564. The molecule has 0 spiro atoms. The molecular weight excluding hydrogens is 290 g/mol. The number of nitrogens with one attached hydrogen (secondary N) is 2. The molecule has 2 rings (SSSR count). The lowest BCUT2D eigenvalue weighted by molar-refractivity contribution is 0.247. The summed E-state index contributed by atoms with van der Waals surface area (Å²) in [5.41, 5.74) is 0.531. The van der Waals surface area contributed by atoms with Crippen LogP contribution in [0.4, 0.5) is 10.5 Å². The smallest absolute Gasteiger partial charge is 0.319 e. The molecule has 4 N–H and O–H groups in total. The Bertz CT molecular complexity index is 578. The molecule has 1 fully saturated rings. The number of carbonyl (C=O) groups is 1. The summed E-state index contributed by atoms with van der Waals surface area (Å²) in [6.45, 7) is 0.682. The van der Waals surface area contributed by atoms with Crippen molar-refractivity contribution in [1.29, 1.82) is 0 Å². The highest BCUT2D eigenvalue weighted by molar-refractivity contribution is 7.89. The van der Waals surface area contributed by atoms with Crippen LogP contribution in [0.3, 0.4) is 0 Å². The molecule has 0 unspecified atom stereocenters. The monoisotopic (exact) mass is 311 g/mol. The molecular formula is C14H21N3O3S. The summed E-state index contributed by atoms with van der Waals surface area (Å²) in [4.78, 5) is 11.8. The fourth-order valence-corrected chi connectivity index (χ4v) is 3.05. The highest BCUT2D eigenvalue weighted by Gasteiger charge is 2.14. The van der Waals surface area contributed by atoms with Crippen molar-refractivity contribution in [3.8, 4) is 0 Å². The number of primary sulfonamides is 1. The molecule has 1 aliphatic rings. The summed E-state index contributed by atoms with van der Waals surface area (Å²) in [6, 6.07) is 5.49. The minimum Gasteiger partial charge on any atom is -0.338 e. The molecule has 1 aromatic carbocycles. The van der Waals surface area contributed by atoms with Gasteiger partial charge in [0.2, 0.25) is 10.0 Å². The van der Waals surface area contributed by atoms with E-state index < -0.39 is 10.0 Å². The van der Waals surface area contributed by atoms with Gasteiger partial charge in [0.1, 0.15) is 0 Å². The van der Waals surface area contributed by atoms with Crippen LogP contribution in [0.5, 0.6) is 0 Å². The van der Waals surface area contributed by atoms with Crippen molar-refractivity contribution in [2.24, 2.45) is 11.1 Å². The molecule has 0 aromatic heterocycles. The first kappa shape index (κ1) is 15.8. The number of hydrogen-bond donors (Lipinski definition) is 3. The van der Waals surface area contributed by atoms with Crippen molar-refractivity contribution in [3.63, 3.8) is 0 Å². The highest BCUT2D eigenvalue weighted by Crippen LogP contribution is 2.22. The number of sulfonamides is 1. The van der Waals surface area contributed by atoms with Crippen LogP contribution in [0.1, 0.15) is 32.1 Å². The van der Waals surface area contributed by atoms with E-state index in [1.807, 2.05) is 0 Å². The number of amides is 2. The van der Waals surface area contributed by atoms with Gasteiger partial charge in [0.25, 0.3) is 0 Å². The summed E-state index contributed by atoms with van der Waals surface area (Å²) in [6.07, 6.45) is 6.11. The lowest BCUT2D eigenvalue weighted by Gasteiger charge is -2.21. The second-order valence-electron chi connectivity index (χ2n) is 5.41. The number of benzene rings is 1. The maximum absolute atomic E-state index is 11.8. The fourth-order valence-electron chi connectivity index (χ4n) is 2.53. The average molecular weight is 311 g/mol. The van der Waals surface area contributed by atoms with Gasteiger partial charge in [-0.2, -0.15) is 0 Å². The Balaban J connectivity index is 1.82. The number of rotatable bonds is 4. The van der Waals surface area contributed by atoms with Gasteiger partial charge < -0.3 is 10.6 Å². The number of hydrogen-bond acceptors (Lipinski definition) is 3. The lowest BCUT2D eigenvalue weighted by Crippen LogP contribution is -2.33. The van der Waals surface area contributed by atoms with Crippen LogP contribution in [0, 0.1) is 5.92 Å². The Hall–Kier alpha value is -1.60. The number of carbonyl (C=O) groups excluding carboxylic acids is 1. The van der Waals surface area contributed by atoms with Gasteiger partial charge in [-0.15, -0.1) is 0 Å². The van der Waals surface area contributed by atoms with E-state index in [-0.39, 0.29) is 10.9 Å². The van der Waals surface area contributed by atoms with Crippen LogP contribution in [0.25, 0.3) is 0 Å². The van der Waals surface area contributed by atoms with Gasteiger partial charge in [-0.1, -0.05) is 19.3 Å². The summed E-state index contributed by atoms with van der Waals surface area (Å²) >= 11 is 0. The second-order valence-corrected chi connectivity index (χ2v) is 6.97. The SMILES string of the molecule is NS(=O)(=O)c1ccc(NC(=O)NCC2CCCCC2)cc1. The zero-order chi connectivity index (χ0) is 15.3. The Morgan fingerprint density at radius 2 is 1.76 bits per heavy atom. The van der Waals surface area contributed by atoms with Crippen LogP contribution in [0.2, 0.25) is 0 Å². The first-order valence-electron chi connectivity index (χ1n) is 7.13. The van der Waals surface area contributed by atoms with E-state index >= 15 is 0 Å². The van der Waals surface area contributed by atoms with Crippen molar-refractivity contribution in [1.82, 2.24) is 5.32 Å². The highest BCUT2D eigenvalue weighted by atomic mass is 32.2. The molecule has 21 heavy (non-hydrogen) atoms. The van der Waals surface area contributed by atoms with Crippen molar-refractivity contribution >= 4 is 21.7 Å². The molecule has 1 saturated carbocycles. The number of nitrogens with two attached hydrogens (primary N) is 1. The minimum absolute atomic E-state index is 0.0238. The molecule has 0 bridgehead atoms. The van der Waals surface area contributed by atoms with Gasteiger partial charge >= 0.3 is 6.03 Å². The largest absolute Gasteiger partial charge is 0.338 e. The average Bonchev–Trinajstić information content (AvgIpc) is 2.46. The van der Waals surface area contributed by atoms with Crippen LogP contribution < -0.4 is 15.8 Å². The third-order valence-corrected chi connectivity index (χ3v) is 4.65. The molecule has 0 atom stereocenters. The number of anilines is 1. The van der Waals surface area contributed by atoms with Crippen molar-refractivity contribution in [2.75, 3.05) is 11.9 Å². The predicted molar refractivity (Wildman–Crippen MR) is 81.4 cm³/mol. The Kier molecular flexibility index (Phi) is 5.19. The third kappa shape index (κ3) is 5.02. The van der Waals surface area contributed by atoms with Crippen LogP contribution in [-0.2, 0) is 10.0 Å². The topological polar surface area (TPSA) is 101 Å². The normalized spacial score (nSPS) is 16.4. The van der Waals surface area contributed by atoms with Crippen LogP contribution in [-0.4, -0.2) is 21.0 Å². The van der Waals surface area contributed by atoms with E-state index in [1.165, 1.54) is 56.4 Å². The quantitative estimate of drug-likeness (QED) is 0.793. The molecule has 7 heteroatoms. The first-order valence-corrected chi connectivity index (χ1v) is 8.67. The molecule has 1 aromatic rings. The first-order chi connectivity index (χ1) is 9.95. The molecule has 0 aliphatic heterocycles. The molecule has 6 nitrogen and oxygen atoms in total. The van der Waals surface area contributed by atoms with E-state index in [0.29, 0.717) is 18.2 Å². The third-order valence-electron chi connectivity index (χ3n) is 3.72. The zero-order valence-electron chi connectivity index (χ0n) is 11.8. The molecule has 1 aliphatic carbocycles. The summed E-state index contributed by atoms with van der Waals surface area (Å²) in [7, 11) is -3.70. The van der Waals surface area contributed by atoms with Gasteiger partial charge in [-0.25, -0.2) is 18.4 Å². The van der Waals surface area contributed by atoms with E-state index in [9.17, 15) is 13.2 Å². The van der Waals surface area contributed by atoms with Gasteiger partial charge in [0, 0.05) is 12.2 Å². The van der Waals surface area contributed by atoms with Crippen LogP contribution in [0.15, 0.2) is 29.2 Å². The van der Waals surface area contributed by atoms with Gasteiger partial charge in [-0.05, 0) is 43.0 Å². The van der Waals surface area contributed by atoms with Gasteiger partial charge in [-0.3, -0.25) is 0 Å². The summed E-state index contributed by atoms with van der Waals surface area (Å²) in [5, 5.41) is 10.5.